The SMILES string of the molecule is CCOC[C@H](O)CNCc1cn(-c2ccc(OC)cc2)nc1-c1ccccc1Cl. The van der Waals surface area contributed by atoms with E-state index in [0.29, 0.717) is 31.3 Å². The van der Waals surface area contributed by atoms with Crippen LogP contribution in [0.25, 0.3) is 16.9 Å². The molecule has 0 radical (unpaired) electrons. The number of methoxy groups -OCH3 is 1. The van der Waals surface area contributed by atoms with Crippen molar-refractivity contribution in [3.05, 3.63) is 65.3 Å². The third kappa shape index (κ3) is 5.58. The maximum Gasteiger partial charge on any atom is 0.119 e. The molecule has 0 aliphatic heterocycles. The fraction of sp³-hybridized carbons (Fsp3) is 0.318. The van der Waals surface area contributed by atoms with Crippen molar-refractivity contribution < 1.29 is 14.6 Å². The summed E-state index contributed by atoms with van der Waals surface area (Å²) in [7, 11) is 1.64. The first-order valence-corrected chi connectivity index (χ1v) is 9.94. The maximum atomic E-state index is 9.98. The Morgan fingerprint density at radius 3 is 2.62 bits per heavy atom. The van der Waals surface area contributed by atoms with Gasteiger partial charge in [0.25, 0.3) is 0 Å². The lowest BCUT2D eigenvalue weighted by Gasteiger charge is -2.11. The largest absolute Gasteiger partial charge is 0.497 e. The summed E-state index contributed by atoms with van der Waals surface area (Å²) < 4.78 is 12.3. The van der Waals surface area contributed by atoms with E-state index in [-0.39, 0.29) is 0 Å². The van der Waals surface area contributed by atoms with E-state index < -0.39 is 6.10 Å². The average molecular weight is 416 g/mol. The van der Waals surface area contributed by atoms with Gasteiger partial charge in [-0.1, -0.05) is 29.8 Å². The quantitative estimate of drug-likeness (QED) is 0.528. The number of hydrogen-bond acceptors (Lipinski definition) is 5. The molecule has 1 heterocycles. The Hall–Kier alpha value is -2.38. The Kier molecular flexibility index (Phi) is 7.66. The van der Waals surface area contributed by atoms with Crippen molar-refractivity contribution in [1.29, 1.82) is 0 Å². The van der Waals surface area contributed by atoms with Crippen molar-refractivity contribution in [2.45, 2.75) is 19.6 Å². The lowest BCUT2D eigenvalue weighted by molar-refractivity contribution is 0.0427. The van der Waals surface area contributed by atoms with E-state index >= 15 is 0 Å². The maximum absolute atomic E-state index is 9.98. The van der Waals surface area contributed by atoms with Crippen LogP contribution in [-0.4, -0.2) is 47.9 Å². The number of benzene rings is 2. The second-order valence-electron chi connectivity index (χ2n) is 6.57. The third-order valence-electron chi connectivity index (χ3n) is 4.47. The lowest BCUT2D eigenvalue weighted by Crippen LogP contribution is -2.30. The van der Waals surface area contributed by atoms with Gasteiger partial charge in [-0.3, -0.25) is 0 Å². The number of aliphatic hydroxyl groups is 1. The molecule has 0 aliphatic rings. The summed E-state index contributed by atoms with van der Waals surface area (Å²) in [6.45, 7) is 3.77. The third-order valence-corrected chi connectivity index (χ3v) is 4.80. The van der Waals surface area contributed by atoms with Gasteiger partial charge >= 0.3 is 0 Å². The molecule has 0 spiro atoms. The topological polar surface area (TPSA) is 68.5 Å². The van der Waals surface area contributed by atoms with Crippen molar-refractivity contribution in [3.63, 3.8) is 0 Å². The van der Waals surface area contributed by atoms with Gasteiger partial charge in [-0.15, -0.1) is 0 Å². The molecule has 6 nitrogen and oxygen atoms in total. The van der Waals surface area contributed by atoms with Crippen molar-refractivity contribution in [1.82, 2.24) is 15.1 Å². The molecule has 0 saturated carbocycles. The second-order valence-corrected chi connectivity index (χ2v) is 6.98. The molecular weight excluding hydrogens is 390 g/mol. The Morgan fingerprint density at radius 2 is 1.93 bits per heavy atom. The van der Waals surface area contributed by atoms with E-state index in [1.165, 1.54) is 0 Å². The first-order valence-electron chi connectivity index (χ1n) is 9.56. The van der Waals surface area contributed by atoms with Gasteiger partial charge in [0.2, 0.25) is 0 Å². The monoisotopic (exact) mass is 415 g/mol. The molecule has 2 N–H and O–H groups in total. The number of ether oxygens (including phenoxy) is 2. The molecule has 0 saturated heterocycles. The van der Waals surface area contributed by atoms with Crippen LogP contribution >= 0.6 is 11.6 Å². The lowest BCUT2D eigenvalue weighted by atomic mass is 10.1. The van der Waals surface area contributed by atoms with Crippen LogP contribution in [0.4, 0.5) is 0 Å². The van der Waals surface area contributed by atoms with Gasteiger partial charge in [-0.25, -0.2) is 4.68 Å². The van der Waals surface area contributed by atoms with E-state index in [9.17, 15) is 5.11 Å². The first-order chi connectivity index (χ1) is 14.1. The van der Waals surface area contributed by atoms with Crippen LogP contribution in [0, 0.1) is 0 Å². The van der Waals surface area contributed by atoms with Gasteiger partial charge in [-0.2, -0.15) is 5.10 Å². The molecule has 1 atom stereocenters. The molecule has 0 fully saturated rings. The second kappa shape index (κ2) is 10.4. The normalized spacial score (nSPS) is 12.1. The summed E-state index contributed by atoms with van der Waals surface area (Å²) in [5, 5.41) is 18.7. The van der Waals surface area contributed by atoms with E-state index in [2.05, 4.69) is 5.32 Å². The summed E-state index contributed by atoms with van der Waals surface area (Å²) in [5.41, 5.74) is 3.57. The number of hydrogen-bond donors (Lipinski definition) is 2. The van der Waals surface area contributed by atoms with Gasteiger partial charge in [0.05, 0.1) is 36.2 Å². The number of nitrogens with one attached hydrogen (secondary N) is 1. The summed E-state index contributed by atoms with van der Waals surface area (Å²) in [6, 6.07) is 15.3. The zero-order chi connectivity index (χ0) is 20.6. The Morgan fingerprint density at radius 1 is 1.17 bits per heavy atom. The minimum absolute atomic E-state index is 0.311. The van der Waals surface area contributed by atoms with E-state index in [4.69, 9.17) is 26.2 Å². The highest BCUT2D eigenvalue weighted by Gasteiger charge is 2.15. The molecule has 3 rings (SSSR count). The van der Waals surface area contributed by atoms with Gasteiger partial charge in [0, 0.05) is 37.0 Å². The predicted molar refractivity (Wildman–Crippen MR) is 115 cm³/mol. The van der Waals surface area contributed by atoms with Crippen molar-refractivity contribution in [2.24, 2.45) is 0 Å². The summed E-state index contributed by atoms with van der Waals surface area (Å²) >= 11 is 6.42. The molecule has 3 aromatic rings. The molecule has 1 aromatic heterocycles. The number of aromatic nitrogens is 2. The van der Waals surface area contributed by atoms with Gasteiger partial charge in [0.1, 0.15) is 5.75 Å². The fourth-order valence-corrected chi connectivity index (χ4v) is 3.20. The highest BCUT2D eigenvalue weighted by Crippen LogP contribution is 2.30. The predicted octanol–water partition coefficient (Wildman–Crippen LogP) is 3.69. The van der Waals surface area contributed by atoms with Gasteiger partial charge in [0.15, 0.2) is 0 Å². The highest BCUT2D eigenvalue weighted by molar-refractivity contribution is 6.33. The van der Waals surface area contributed by atoms with E-state index in [1.54, 1.807) is 7.11 Å². The number of halogens is 1. The zero-order valence-electron chi connectivity index (χ0n) is 16.6. The Labute approximate surface area is 176 Å². The molecule has 0 aliphatic carbocycles. The number of nitrogens with zero attached hydrogens (tertiary/aromatic N) is 2. The van der Waals surface area contributed by atoms with E-state index in [0.717, 1.165) is 28.3 Å². The summed E-state index contributed by atoms with van der Waals surface area (Å²) in [6.07, 6.45) is 1.41. The van der Waals surface area contributed by atoms with E-state index in [1.807, 2.05) is 66.3 Å². The van der Waals surface area contributed by atoms with Crippen LogP contribution in [0.3, 0.4) is 0 Å². The fourth-order valence-electron chi connectivity index (χ4n) is 2.97. The van der Waals surface area contributed by atoms with Crippen LogP contribution < -0.4 is 10.1 Å². The molecular formula is C22H26ClN3O3. The van der Waals surface area contributed by atoms with Crippen LogP contribution in [0.15, 0.2) is 54.7 Å². The average Bonchev–Trinajstić information content (AvgIpc) is 3.16. The molecule has 29 heavy (non-hydrogen) atoms. The first kappa shape index (κ1) is 21.3. The molecule has 7 heteroatoms. The van der Waals surface area contributed by atoms with Crippen LogP contribution in [0.2, 0.25) is 5.02 Å². The molecule has 0 bridgehead atoms. The van der Waals surface area contributed by atoms with Crippen molar-refractivity contribution in [3.8, 4) is 22.7 Å². The van der Waals surface area contributed by atoms with Gasteiger partial charge in [-0.05, 0) is 37.3 Å². The van der Waals surface area contributed by atoms with Crippen LogP contribution in [0.5, 0.6) is 5.75 Å². The number of aliphatic hydroxyl groups excluding tert-OH is 1. The summed E-state index contributed by atoms with van der Waals surface area (Å²) in [5.74, 6) is 0.789. The van der Waals surface area contributed by atoms with Crippen molar-refractivity contribution >= 4 is 11.6 Å². The Bertz CT molecular complexity index is 912. The van der Waals surface area contributed by atoms with Crippen LogP contribution in [-0.2, 0) is 11.3 Å². The van der Waals surface area contributed by atoms with Crippen molar-refractivity contribution in [2.75, 3.05) is 26.9 Å². The minimum Gasteiger partial charge on any atom is -0.497 e. The van der Waals surface area contributed by atoms with Crippen LogP contribution in [0.1, 0.15) is 12.5 Å². The zero-order valence-corrected chi connectivity index (χ0v) is 17.4. The molecule has 0 unspecified atom stereocenters. The molecule has 0 amide bonds. The standard InChI is InChI=1S/C22H26ClN3O3/c1-3-29-15-18(27)13-24-12-16-14-26(17-8-10-19(28-2)11-9-17)25-22(16)20-6-4-5-7-21(20)23/h4-11,14,18,24,27H,3,12-13,15H2,1-2H3/t18-/m1/s1. The summed E-state index contributed by atoms with van der Waals surface area (Å²) in [4.78, 5) is 0. The Balaban J connectivity index is 1.84. The van der Waals surface area contributed by atoms with Gasteiger partial charge < -0.3 is 19.9 Å². The number of rotatable bonds is 10. The smallest absolute Gasteiger partial charge is 0.119 e. The minimum atomic E-state index is -0.560. The molecule has 2 aromatic carbocycles. The highest BCUT2D eigenvalue weighted by atomic mass is 35.5. The molecule has 154 valence electrons.